The Balaban J connectivity index is 1.55. The second kappa shape index (κ2) is 7.56. The summed E-state index contributed by atoms with van der Waals surface area (Å²) >= 11 is 0. The molecule has 0 aliphatic carbocycles. The Bertz CT molecular complexity index is 848. The van der Waals surface area contributed by atoms with Gasteiger partial charge in [0.05, 0.1) is 7.11 Å². The van der Waals surface area contributed by atoms with Gasteiger partial charge in [0.1, 0.15) is 5.82 Å². The molecule has 1 unspecified atom stereocenters. The number of piperidine rings is 1. The van der Waals surface area contributed by atoms with Crippen LogP contribution in [-0.4, -0.2) is 39.7 Å². The first-order valence-corrected chi connectivity index (χ1v) is 9.00. The molecule has 3 heterocycles. The zero-order valence-corrected chi connectivity index (χ0v) is 15.0. The van der Waals surface area contributed by atoms with Crippen molar-refractivity contribution in [3.8, 4) is 5.88 Å². The molecule has 0 saturated carbocycles. The summed E-state index contributed by atoms with van der Waals surface area (Å²) in [6, 6.07) is 10.5. The van der Waals surface area contributed by atoms with Crippen molar-refractivity contribution in [2.75, 3.05) is 25.1 Å². The molecule has 6 nitrogen and oxygen atoms in total. The van der Waals surface area contributed by atoms with E-state index in [1.165, 1.54) is 5.56 Å². The highest BCUT2D eigenvalue weighted by atomic mass is 16.5. The van der Waals surface area contributed by atoms with Gasteiger partial charge in [0.15, 0.2) is 5.82 Å². The third kappa shape index (κ3) is 3.40. The minimum Gasteiger partial charge on any atom is -0.478 e. The fourth-order valence-electron chi connectivity index (χ4n) is 3.65. The van der Waals surface area contributed by atoms with E-state index in [9.17, 15) is 0 Å². The number of imidazole rings is 1. The summed E-state index contributed by atoms with van der Waals surface area (Å²) in [6.45, 7) is 2.69. The van der Waals surface area contributed by atoms with Crippen LogP contribution in [0.25, 0.3) is 0 Å². The lowest BCUT2D eigenvalue weighted by Crippen LogP contribution is -2.36. The molecule has 1 aromatic carbocycles. The number of aromatic nitrogens is 4. The molecule has 3 aromatic rings. The number of ether oxygens (including phenoxy) is 1. The molecule has 134 valence electrons. The molecule has 1 fully saturated rings. The maximum atomic E-state index is 5.39. The molecule has 6 heteroatoms. The van der Waals surface area contributed by atoms with Crippen LogP contribution in [-0.2, 0) is 6.54 Å². The summed E-state index contributed by atoms with van der Waals surface area (Å²) in [5, 5.41) is 0. The summed E-state index contributed by atoms with van der Waals surface area (Å²) in [5.41, 5.74) is 1.29. The number of rotatable bonds is 5. The molecule has 0 N–H and O–H groups in total. The Labute approximate surface area is 153 Å². The van der Waals surface area contributed by atoms with E-state index < -0.39 is 0 Å². The first-order valence-electron chi connectivity index (χ1n) is 9.00. The van der Waals surface area contributed by atoms with Gasteiger partial charge in [0.2, 0.25) is 0 Å². The molecule has 26 heavy (non-hydrogen) atoms. The summed E-state index contributed by atoms with van der Waals surface area (Å²) < 4.78 is 7.65. The van der Waals surface area contributed by atoms with Crippen molar-refractivity contribution in [2.45, 2.75) is 25.3 Å². The minimum absolute atomic E-state index is 0.370. The zero-order valence-electron chi connectivity index (χ0n) is 15.0. The Kier molecular flexibility index (Phi) is 4.82. The van der Waals surface area contributed by atoms with Crippen LogP contribution in [0, 0.1) is 0 Å². The van der Waals surface area contributed by atoms with Crippen molar-refractivity contribution in [1.29, 1.82) is 0 Å². The lowest BCUT2D eigenvalue weighted by atomic mass is 9.97. The fourth-order valence-corrected chi connectivity index (χ4v) is 3.65. The van der Waals surface area contributed by atoms with Crippen LogP contribution < -0.4 is 9.64 Å². The van der Waals surface area contributed by atoms with Crippen LogP contribution >= 0.6 is 0 Å². The number of anilines is 1. The van der Waals surface area contributed by atoms with Gasteiger partial charge in [-0.1, -0.05) is 30.3 Å². The van der Waals surface area contributed by atoms with Crippen LogP contribution in [0.1, 0.15) is 30.1 Å². The highest BCUT2D eigenvalue weighted by Crippen LogP contribution is 2.31. The first-order chi connectivity index (χ1) is 12.8. The monoisotopic (exact) mass is 349 g/mol. The van der Waals surface area contributed by atoms with Gasteiger partial charge in [0, 0.05) is 50.3 Å². The molecule has 1 aliphatic heterocycles. The third-order valence-corrected chi connectivity index (χ3v) is 4.87. The largest absolute Gasteiger partial charge is 0.478 e. The molecule has 0 radical (unpaired) electrons. The molecule has 1 saturated heterocycles. The molecule has 1 atom stereocenters. The van der Waals surface area contributed by atoms with Crippen molar-refractivity contribution in [3.63, 3.8) is 0 Å². The van der Waals surface area contributed by atoms with Crippen LogP contribution in [0.5, 0.6) is 5.88 Å². The first kappa shape index (κ1) is 16.6. The van der Waals surface area contributed by atoms with Crippen LogP contribution in [0.4, 0.5) is 5.82 Å². The van der Waals surface area contributed by atoms with Gasteiger partial charge in [-0.15, -0.1) is 0 Å². The topological polar surface area (TPSA) is 56.1 Å². The maximum absolute atomic E-state index is 5.39. The van der Waals surface area contributed by atoms with Crippen LogP contribution in [0.15, 0.2) is 55.1 Å². The molecular formula is C20H23N5O. The van der Waals surface area contributed by atoms with Crippen molar-refractivity contribution in [2.24, 2.45) is 0 Å². The van der Waals surface area contributed by atoms with E-state index in [-0.39, 0.29) is 0 Å². The SMILES string of the molecule is COc1nccnc1N1CCCC(c2nccn2Cc2ccccc2)C1. The number of nitrogens with zero attached hydrogens (tertiary/aromatic N) is 5. The number of methoxy groups -OCH3 is 1. The van der Waals surface area contributed by atoms with E-state index in [2.05, 4.69) is 54.9 Å². The molecule has 0 spiro atoms. The Morgan fingerprint density at radius 2 is 1.92 bits per heavy atom. The second-order valence-corrected chi connectivity index (χ2v) is 6.57. The molecule has 0 amide bonds. The summed E-state index contributed by atoms with van der Waals surface area (Å²) in [5.74, 6) is 2.91. The van der Waals surface area contributed by atoms with E-state index >= 15 is 0 Å². The molecule has 2 aromatic heterocycles. The van der Waals surface area contributed by atoms with Gasteiger partial charge in [-0.25, -0.2) is 15.0 Å². The fraction of sp³-hybridized carbons (Fsp3) is 0.350. The Hall–Kier alpha value is -2.89. The van der Waals surface area contributed by atoms with Crippen molar-refractivity contribution in [1.82, 2.24) is 19.5 Å². The molecular weight excluding hydrogens is 326 g/mol. The van der Waals surface area contributed by atoms with Gasteiger partial charge in [-0.05, 0) is 18.4 Å². The van der Waals surface area contributed by atoms with Crippen molar-refractivity contribution in [3.05, 3.63) is 66.5 Å². The minimum atomic E-state index is 0.370. The quantitative estimate of drug-likeness (QED) is 0.708. The van der Waals surface area contributed by atoms with E-state index in [1.807, 2.05) is 12.3 Å². The molecule has 4 rings (SSSR count). The highest BCUT2D eigenvalue weighted by Gasteiger charge is 2.27. The van der Waals surface area contributed by atoms with E-state index in [4.69, 9.17) is 4.74 Å². The van der Waals surface area contributed by atoms with Crippen molar-refractivity contribution >= 4 is 5.82 Å². The number of hydrogen-bond donors (Lipinski definition) is 0. The Morgan fingerprint density at radius 1 is 1.08 bits per heavy atom. The number of benzene rings is 1. The highest BCUT2D eigenvalue weighted by molar-refractivity contribution is 5.48. The van der Waals surface area contributed by atoms with Gasteiger partial charge in [-0.3, -0.25) is 0 Å². The Morgan fingerprint density at radius 3 is 2.77 bits per heavy atom. The normalized spacial score (nSPS) is 17.3. The second-order valence-electron chi connectivity index (χ2n) is 6.57. The smallest absolute Gasteiger partial charge is 0.257 e. The summed E-state index contributed by atoms with van der Waals surface area (Å²) in [6.07, 6.45) is 9.59. The van der Waals surface area contributed by atoms with E-state index in [1.54, 1.807) is 19.5 Å². The molecule has 1 aliphatic rings. The average molecular weight is 349 g/mol. The zero-order chi connectivity index (χ0) is 17.8. The lowest BCUT2D eigenvalue weighted by molar-refractivity contribution is 0.390. The average Bonchev–Trinajstić information content (AvgIpc) is 3.17. The number of hydrogen-bond acceptors (Lipinski definition) is 5. The van der Waals surface area contributed by atoms with E-state index in [0.29, 0.717) is 11.8 Å². The predicted molar refractivity (Wildman–Crippen MR) is 101 cm³/mol. The van der Waals surface area contributed by atoms with Gasteiger partial charge in [0.25, 0.3) is 5.88 Å². The lowest BCUT2D eigenvalue weighted by Gasteiger charge is -2.33. The third-order valence-electron chi connectivity index (χ3n) is 4.87. The van der Waals surface area contributed by atoms with Gasteiger partial charge >= 0.3 is 0 Å². The summed E-state index contributed by atoms with van der Waals surface area (Å²) in [4.78, 5) is 15.7. The molecule has 0 bridgehead atoms. The predicted octanol–water partition coefficient (Wildman–Crippen LogP) is 3.11. The van der Waals surface area contributed by atoms with Crippen molar-refractivity contribution < 1.29 is 4.74 Å². The van der Waals surface area contributed by atoms with Crippen LogP contribution in [0.2, 0.25) is 0 Å². The summed E-state index contributed by atoms with van der Waals surface area (Å²) in [7, 11) is 1.64. The van der Waals surface area contributed by atoms with Crippen LogP contribution in [0.3, 0.4) is 0 Å². The van der Waals surface area contributed by atoms with E-state index in [0.717, 1.165) is 44.1 Å². The maximum Gasteiger partial charge on any atom is 0.257 e. The van der Waals surface area contributed by atoms with Gasteiger partial charge < -0.3 is 14.2 Å². The standard InChI is InChI=1S/C20H23N5O/c1-26-20-19(21-9-10-23-20)24-12-5-8-17(15-24)18-22-11-13-25(18)14-16-6-3-2-4-7-16/h2-4,6-7,9-11,13,17H,5,8,12,14-15H2,1H3. The van der Waals surface area contributed by atoms with Gasteiger partial charge in [-0.2, -0.15) is 0 Å².